The van der Waals surface area contributed by atoms with Crippen LogP contribution in [0, 0.1) is 5.82 Å². The van der Waals surface area contributed by atoms with Crippen molar-refractivity contribution in [3.8, 4) is 17.0 Å². The first-order valence-corrected chi connectivity index (χ1v) is 9.12. The van der Waals surface area contributed by atoms with Gasteiger partial charge >= 0.3 is 0 Å². The van der Waals surface area contributed by atoms with E-state index in [0.717, 1.165) is 43.1 Å². The van der Waals surface area contributed by atoms with Crippen molar-refractivity contribution in [3.63, 3.8) is 0 Å². The van der Waals surface area contributed by atoms with Gasteiger partial charge < -0.3 is 9.30 Å². The molecule has 1 aliphatic heterocycles. The monoisotopic (exact) mass is 366 g/mol. The van der Waals surface area contributed by atoms with E-state index < -0.39 is 0 Å². The lowest BCUT2D eigenvalue weighted by Gasteiger charge is -2.16. The molecule has 4 rings (SSSR count). The maximum Gasteiger partial charge on any atom is 0.131 e. The minimum absolute atomic E-state index is 0.313. The number of hydrogen-bond donors (Lipinski definition) is 0. The fourth-order valence-electron chi connectivity index (χ4n) is 3.72. The molecule has 0 amide bonds. The van der Waals surface area contributed by atoms with Crippen molar-refractivity contribution < 1.29 is 9.13 Å². The number of pyridine rings is 1. The van der Waals surface area contributed by atoms with Gasteiger partial charge in [0.1, 0.15) is 17.4 Å². The number of ether oxygens (including phenoxy) is 1. The summed E-state index contributed by atoms with van der Waals surface area (Å²) in [5.41, 5.74) is 2.88. The lowest BCUT2D eigenvalue weighted by atomic mass is 9.97. The van der Waals surface area contributed by atoms with Gasteiger partial charge in [0, 0.05) is 43.8 Å². The van der Waals surface area contributed by atoms with Crippen LogP contribution in [0.25, 0.3) is 11.3 Å². The van der Waals surface area contributed by atoms with Crippen molar-refractivity contribution in [2.45, 2.75) is 18.9 Å². The van der Waals surface area contributed by atoms with Gasteiger partial charge in [-0.3, -0.25) is 9.88 Å². The summed E-state index contributed by atoms with van der Waals surface area (Å²) in [5, 5.41) is 0. The number of aromatic nitrogens is 3. The van der Waals surface area contributed by atoms with E-state index in [9.17, 15) is 4.39 Å². The summed E-state index contributed by atoms with van der Waals surface area (Å²) in [6.45, 7) is 2.91. The van der Waals surface area contributed by atoms with E-state index in [4.69, 9.17) is 4.74 Å². The maximum atomic E-state index is 13.5. The fourth-order valence-corrected chi connectivity index (χ4v) is 3.72. The predicted octanol–water partition coefficient (Wildman–Crippen LogP) is 3.62. The summed E-state index contributed by atoms with van der Waals surface area (Å²) in [6.07, 6.45) is 6.76. The summed E-state index contributed by atoms with van der Waals surface area (Å²) >= 11 is 0. The van der Waals surface area contributed by atoms with Gasteiger partial charge in [0.25, 0.3) is 0 Å². The molecule has 3 heterocycles. The second-order valence-corrected chi connectivity index (χ2v) is 6.99. The summed E-state index contributed by atoms with van der Waals surface area (Å²) in [7, 11) is 3.58. The molecular formula is C21H23FN4O. The Morgan fingerprint density at radius 3 is 2.85 bits per heavy atom. The standard InChI is InChI=1S/C21H23FN4O/c1-25-10-8-24-21(25)14-26-9-6-16(13-26)15-5-7-23-19(11-15)18-4-3-17(22)12-20(18)27-2/h3-5,7-8,10-12,16H,6,9,13-14H2,1-2H3/t16-/m0/s1. The average Bonchev–Trinajstić information content (AvgIpc) is 3.31. The molecule has 0 bridgehead atoms. The number of benzene rings is 1. The molecule has 6 heteroatoms. The van der Waals surface area contributed by atoms with Crippen LogP contribution in [0.2, 0.25) is 0 Å². The highest BCUT2D eigenvalue weighted by molar-refractivity contribution is 5.67. The van der Waals surface area contributed by atoms with Crippen molar-refractivity contribution in [1.82, 2.24) is 19.4 Å². The van der Waals surface area contributed by atoms with Crippen molar-refractivity contribution >= 4 is 0 Å². The van der Waals surface area contributed by atoms with E-state index in [1.54, 1.807) is 13.2 Å². The van der Waals surface area contributed by atoms with Crippen LogP contribution in [0.3, 0.4) is 0 Å². The highest BCUT2D eigenvalue weighted by atomic mass is 19.1. The molecule has 1 atom stereocenters. The Hall–Kier alpha value is -2.73. The SMILES string of the molecule is COc1cc(F)ccc1-c1cc([C@H]2CCN(Cc3nccn3C)C2)ccn1. The van der Waals surface area contributed by atoms with Crippen LogP contribution in [0.4, 0.5) is 4.39 Å². The van der Waals surface area contributed by atoms with E-state index >= 15 is 0 Å². The number of imidazole rings is 1. The Morgan fingerprint density at radius 2 is 2.07 bits per heavy atom. The average molecular weight is 366 g/mol. The molecule has 0 radical (unpaired) electrons. The normalized spacial score (nSPS) is 17.4. The first-order valence-electron chi connectivity index (χ1n) is 9.12. The van der Waals surface area contributed by atoms with Crippen LogP contribution < -0.4 is 4.74 Å². The third-order valence-electron chi connectivity index (χ3n) is 5.25. The van der Waals surface area contributed by atoms with E-state index in [2.05, 4.69) is 31.6 Å². The summed E-state index contributed by atoms with van der Waals surface area (Å²) in [6, 6.07) is 8.74. The minimum Gasteiger partial charge on any atom is -0.496 e. The summed E-state index contributed by atoms with van der Waals surface area (Å²) < 4.78 is 20.9. The number of likely N-dealkylation sites (tertiary alicyclic amines) is 1. The van der Waals surface area contributed by atoms with E-state index in [1.807, 2.05) is 25.6 Å². The highest BCUT2D eigenvalue weighted by Crippen LogP contribution is 2.33. The molecule has 3 aromatic rings. The van der Waals surface area contributed by atoms with Gasteiger partial charge in [-0.2, -0.15) is 0 Å². The number of rotatable bonds is 5. The zero-order valence-corrected chi connectivity index (χ0v) is 15.6. The fraction of sp³-hybridized carbons (Fsp3) is 0.333. The molecule has 1 saturated heterocycles. The molecule has 0 spiro atoms. The van der Waals surface area contributed by atoms with E-state index in [-0.39, 0.29) is 5.82 Å². The number of hydrogen-bond acceptors (Lipinski definition) is 4. The van der Waals surface area contributed by atoms with Gasteiger partial charge in [-0.05, 0) is 48.7 Å². The van der Waals surface area contributed by atoms with Crippen molar-refractivity contribution in [1.29, 1.82) is 0 Å². The van der Waals surface area contributed by atoms with Crippen LogP contribution in [0.1, 0.15) is 23.7 Å². The second kappa shape index (κ2) is 7.48. The molecular weight excluding hydrogens is 343 g/mol. The van der Waals surface area contributed by atoms with Gasteiger partial charge in [0.05, 0.1) is 19.3 Å². The van der Waals surface area contributed by atoms with Crippen LogP contribution in [-0.2, 0) is 13.6 Å². The first kappa shape index (κ1) is 17.7. The first-order chi connectivity index (χ1) is 13.1. The smallest absolute Gasteiger partial charge is 0.131 e. The lowest BCUT2D eigenvalue weighted by molar-refractivity contribution is 0.314. The molecule has 1 aliphatic rings. The van der Waals surface area contributed by atoms with Gasteiger partial charge in [0.2, 0.25) is 0 Å². The Bertz CT molecular complexity index is 939. The quantitative estimate of drug-likeness (QED) is 0.692. The molecule has 0 N–H and O–H groups in total. The Morgan fingerprint density at radius 1 is 1.19 bits per heavy atom. The minimum atomic E-state index is -0.313. The van der Waals surface area contributed by atoms with Crippen molar-refractivity contribution in [2.75, 3.05) is 20.2 Å². The van der Waals surface area contributed by atoms with Crippen LogP contribution in [0.5, 0.6) is 5.75 Å². The van der Waals surface area contributed by atoms with E-state index in [0.29, 0.717) is 11.7 Å². The molecule has 0 aliphatic carbocycles. The van der Waals surface area contributed by atoms with E-state index in [1.165, 1.54) is 17.7 Å². The highest BCUT2D eigenvalue weighted by Gasteiger charge is 2.25. The third-order valence-corrected chi connectivity index (χ3v) is 5.25. The zero-order chi connectivity index (χ0) is 18.8. The van der Waals surface area contributed by atoms with Gasteiger partial charge in [0.15, 0.2) is 0 Å². The number of methoxy groups -OCH3 is 1. The number of aryl methyl sites for hydroxylation is 1. The Kier molecular flexibility index (Phi) is 4.90. The Balaban J connectivity index is 1.52. The van der Waals surface area contributed by atoms with Gasteiger partial charge in [-0.1, -0.05) is 0 Å². The molecule has 0 saturated carbocycles. The van der Waals surface area contributed by atoms with Crippen molar-refractivity contribution in [2.24, 2.45) is 7.05 Å². The molecule has 5 nitrogen and oxygen atoms in total. The van der Waals surface area contributed by atoms with Gasteiger partial charge in [-0.15, -0.1) is 0 Å². The van der Waals surface area contributed by atoms with Crippen LogP contribution in [-0.4, -0.2) is 39.6 Å². The predicted molar refractivity (Wildman–Crippen MR) is 102 cm³/mol. The maximum absolute atomic E-state index is 13.5. The Labute approximate surface area is 158 Å². The zero-order valence-electron chi connectivity index (χ0n) is 15.6. The third kappa shape index (κ3) is 3.71. The van der Waals surface area contributed by atoms with Gasteiger partial charge in [-0.25, -0.2) is 9.37 Å². The van der Waals surface area contributed by atoms with Crippen LogP contribution >= 0.6 is 0 Å². The number of nitrogens with zero attached hydrogens (tertiary/aromatic N) is 4. The molecule has 1 aromatic carbocycles. The number of halogens is 1. The molecule has 1 fully saturated rings. The molecule has 140 valence electrons. The summed E-state index contributed by atoms with van der Waals surface area (Å²) in [4.78, 5) is 11.3. The molecule has 0 unspecified atom stereocenters. The molecule has 2 aromatic heterocycles. The molecule has 27 heavy (non-hydrogen) atoms. The topological polar surface area (TPSA) is 43.2 Å². The second-order valence-electron chi connectivity index (χ2n) is 6.99. The lowest BCUT2D eigenvalue weighted by Crippen LogP contribution is -2.21. The summed E-state index contributed by atoms with van der Waals surface area (Å²) in [5.74, 6) is 1.73. The van der Waals surface area contributed by atoms with Crippen molar-refractivity contribution in [3.05, 3.63) is 66.1 Å². The van der Waals surface area contributed by atoms with Crippen LogP contribution in [0.15, 0.2) is 48.9 Å². The largest absolute Gasteiger partial charge is 0.496 e.